The minimum atomic E-state index is 0.718. The van der Waals surface area contributed by atoms with Gasteiger partial charge in [-0.2, -0.15) is 10.2 Å². The fourth-order valence-electron chi connectivity index (χ4n) is 1.35. The van der Waals surface area contributed by atoms with Gasteiger partial charge < -0.3 is 14.8 Å². The molecule has 0 aliphatic rings. The summed E-state index contributed by atoms with van der Waals surface area (Å²) in [6, 6.07) is 5.76. The largest absolute Gasteiger partial charge is 0.497 e. The molecule has 0 heterocycles. The fourth-order valence-corrected chi connectivity index (χ4v) is 1.77. The number of ether oxygens (including phenoxy) is 2. The minimum absolute atomic E-state index is 0.718. The third-order valence-electron chi connectivity index (χ3n) is 2.20. The molecular weight excluding hydrogens is 250 g/mol. The van der Waals surface area contributed by atoms with Crippen molar-refractivity contribution in [1.82, 2.24) is 5.32 Å². The zero-order chi connectivity index (χ0) is 13.2. The Morgan fingerprint density at radius 2 is 2.22 bits per heavy atom. The van der Waals surface area contributed by atoms with E-state index in [9.17, 15) is 0 Å². The standard InChI is InChI=1S/C12H17N3O2S/c1-13-15-9-18-8-14-7-10-4-5-11(16-2)6-12(10)17-3/h4-6,9,14H,1,7-8H2,2-3H3/b15-9-. The van der Waals surface area contributed by atoms with Gasteiger partial charge in [-0.25, -0.2) is 0 Å². The molecule has 1 N–H and O–H groups in total. The van der Waals surface area contributed by atoms with Crippen LogP contribution in [0.4, 0.5) is 0 Å². The van der Waals surface area contributed by atoms with Gasteiger partial charge in [0.15, 0.2) is 0 Å². The van der Waals surface area contributed by atoms with E-state index >= 15 is 0 Å². The van der Waals surface area contributed by atoms with E-state index < -0.39 is 0 Å². The Balaban J connectivity index is 2.46. The van der Waals surface area contributed by atoms with Crippen molar-refractivity contribution < 1.29 is 9.47 Å². The molecular formula is C12H17N3O2S. The predicted octanol–water partition coefficient (Wildman–Crippen LogP) is 2.13. The highest BCUT2D eigenvalue weighted by molar-refractivity contribution is 8.12. The number of hydrogen-bond donors (Lipinski definition) is 1. The van der Waals surface area contributed by atoms with Crippen LogP contribution in [0.3, 0.4) is 0 Å². The van der Waals surface area contributed by atoms with Crippen LogP contribution in [0, 0.1) is 0 Å². The smallest absolute Gasteiger partial charge is 0.127 e. The molecule has 0 atom stereocenters. The van der Waals surface area contributed by atoms with Crippen LogP contribution in [0.25, 0.3) is 0 Å². The SMILES string of the molecule is C=N/N=C\SCNCc1ccc(OC)cc1OC. The summed E-state index contributed by atoms with van der Waals surface area (Å²) in [6.07, 6.45) is 0. The molecule has 18 heavy (non-hydrogen) atoms. The minimum Gasteiger partial charge on any atom is -0.497 e. The zero-order valence-electron chi connectivity index (χ0n) is 10.5. The molecule has 0 amide bonds. The molecule has 0 unspecified atom stereocenters. The second-order valence-corrected chi connectivity index (χ2v) is 4.11. The molecule has 5 nitrogen and oxygen atoms in total. The molecule has 0 aliphatic heterocycles. The highest BCUT2D eigenvalue weighted by Crippen LogP contribution is 2.24. The Kier molecular flexibility index (Phi) is 6.90. The number of thioether (sulfide) groups is 1. The lowest BCUT2D eigenvalue weighted by Crippen LogP contribution is -2.12. The average molecular weight is 267 g/mol. The molecule has 1 aromatic rings. The van der Waals surface area contributed by atoms with E-state index in [0.29, 0.717) is 0 Å². The molecule has 1 aromatic carbocycles. The van der Waals surface area contributed by atoms with Gasteiger partial charge in [0.1, 0.15) is 11.5 Å². The highest BCUT2D eigenvalue weighted by atomic mass is 32.2. The monoisotopic (exact) mass is 267 g/mol. The molecule has 0 saturated heterocycles. The molecule has 0 bridgehead atoms. The lowest BCUT2D eigenvalue weighted by atomic mass is 10.2. The van der Waals surface area contributed by atoms with Gasteiger partial charge in [-0.3, -0.25) is 0 Å². The van der Waals surface area contributed by atoms with Crippen LogP contribution < -0.4 is 14.8 Å². The molecule has 98 valence electrons. The zero-order valence-corrected chi connectivity index (χ0v) is 11.4. The van der Waals surface area contributed by atoms with Gasteiger partial charge in [-0.1, -0.05) is 17.8 Å². The first kappa shape index (κ1) is 14.5. The van der Waals surface area contributed by atoms with Crippen molar-refractivity contribution in [2.75, 3.05) is 20.1 Å². The van der Waals surface area contributed by atoms with Crippen LogP contribution in [0.2, 0.25) is 0 Å². The Bertz CT molecular complexity index is 410. The molecule has 0 fully saturated rings. The maximum atomic E-state index is 5.31. The molecule has 0 radical (unpaired) electrons. The number of nitrogens with one attached hydrogen (secondary N) is 1. The van der Waals surface area contributed by atoms with Gasteiger partial charge in [0.2, 0.25) is 0 Å². The average Bonchev–Trinajstić information content (AvgIpc) is 2.42. The normalized spacial score (nSPS) is 10.6. The fraction of sp³-hybridized carbons (Fsp3) is 0.333. The van der Waals surface area contributed by atoms with Crippen LogP contribution >= 0.6 is 11.8 Å². The van der Waals surface area contributed by atoms with Crippen LogP contribution in [-0.2, 0) is 6.54 Å². The topological polar surface area (TPSA) is 55.2 Å². The van der Waals surface area contributed by atoms with Crippen molar-refractivity contribution in [1.29, 1.82) is 0 Å². The summed E-state index contributed by atoms with van der Waals surface area (Å²) in [5, 5.41) is 10.3. The molecule has 0 aliphatic carbocycles. The maximum Gasteiger partial charge on any atom is 0.127 e. The Morgan fingerprint density at radius 1 is 1.39 bits per heavy atom. The predicted molar refractivity (Wildman–Crippen MR) is 76.9 cm³/mol. The Morgan fingerprint density at radius 3 is 2.89 bits per heavy atom. The number of hydrogen-bond acceptors (Lipinski definition) is 6. The first-order chi connectivity index (χ1) is 8.81. The van der Waals surface area contributed by atoms with Crippen molar-refractivity contribution in [2.45, 2.75) is 6.54 Å². The van der Waals surface area contributed by atoms with E-state index in [1.165, 1.54) is 11.8 Å². The molecule has 0 saturated carbocycles. The van der Waals surface area contributed by atoms with E-state index in [-0.39, 0.29) is 0 Å². The van der Waals surface area contributed by atoms with Crippen molar-refractivity contribution in [3.05, 3.63) is 23.8 Å². The van der Waals surface area contributed by atoms with E-state index in [0.717, 1.165) is 29.5 Å². The summed E-state index contributed by atoms with van der Waals surface area (Å²) < 4.78 is 10.5. The van der Waals surface area contributed by atoms with Crippen molar-refractivity contribution >= 4 is 24.0 Å². The summed E-state index contributed by atoms with van der Waals surface area (Å²) in [7, 11) is 3.28. The first-order valence-electron chi connectivity index (χ1n) is 5.32. The summed E-state index contributed by atoms with van der Waals surface area (Å²) in [5.74, 6) is 2.34. The maximum absolute atomic E-state index is 5.31. The Hall–Kier alpha value is -1.53. The van der Waals surface area contributed by atoms with E-state index in [4.69, 9.17) is 9.47 Å². The van der Waals surface area contributed by atoms with Crippen LogP contribution in [0.1, 0.15) is 5.56 Å². The van der Waals surface area contributed by atoms with Crippen LogP contribution in [0.15, 0.2) is 28.4 Å². The van der Waals surface area contributed by atoms with E-state index in [1.54, 1.807) is 19.8 Å². The second kappa shape index (κ2) is 8.54. The van der Waals surface area contributed by atoms with Gasteiger partial charge in [-0.05, 0) is 6.07 Å². The Labute approximate surface area is 111 Å². The molecule has 0 spiro atoms. The van der Waals surface area contributed by atoms with E-state index in [2.05, 4.69) is 22.2 Å². The summed E-state index contributed by atoms with van der Waals surface area (Å²) in [6.45, 7) is 3.97. The third kappa shape index (κ3) is 4.77. The van der Waals surface area contributed by atoms with E-state index in [1.807, 2.05) is 18.2 Å². The van der Waals surface area contributed by atoms with Crippen molar-refractivity contribution in [3.63, 3.8) is 0 Å². The molecule has 1 rings (SSSR count). The lowest BCUT2D eigenvalue weighted by Gasteiger charge is -2.10. The lowest BCUT2D eigenvalue weighted by molar-refractivity contribution is 0.390. The highest BCUT2D eigenvalue weighted by Gasteiger charge is 2.04. The third-order valence-corrected chi connectivity index (χ3v) is 2.81. The number of benzene rings is 1. The quantitative estimate of drug-likeness (QED) is 0.258. The number of nitrogens with zero attached hydrogens (tertiary/aromatic N) is 2. The number of rotatable bonds is 8. The van der Waals surface area contributed by atoms with Gasteiger partial charge in [0.05, 0.1) is 19.8 Å². The first-order valence-corrected chi connectivity index (χ1v) is 6.37. The summed E-state index contributed by atoms with van der Waals surface area (Å²) >= 11 is 1.52. The summed E-state index contributed by atoms with van der Waals surface area (Å²) in [4.78, 5) is 0. The second-order valence-electron chi connectivity index (χ2n) is 3.28. The van der Waals surface area contributed by atoms with Gasteiger partial charge >= 0.3 is 0 Å². The molecule has 0 aromatic heterocycles. The summed E-state index contributed by atoms with van der Waals surface area (Å²) in [5.41, 5.74) is 2.73. The van der Waals surface area contributed by atoms with Crippen molar-refractivity contribution in [3.8, 4) is 11.5 Å². The number of methoxy groups -OCH3 is 2. The van der Waals surface area contributed by atoms with Gasteiger partial charge in [0, 0.05) is 30.8 Å². The molecule has 6 heteroatoms. The van der Waals surface area contributed by atoms with Gasteiger partial charge in [0.25, 0.3) is 0 Å². The van der Waals surface area contributed by atoms with Crippen LogP contribution in [0.5, 0.6) is 11.5 Å². The van der Waals surface area contributed by atoms with Crippen LogP contribution in [-0.4, -0.2) is 32.4 Å². The van der Waals surface area contributed by atoms with Gasteiger partial charge in [-0.15, -0.1) is 0 Å². The van der Waals surface area contributed by atoms with Crippen molar-refractivity contribution in [2.24, 2.45) is 10.2 Å².